The molecule has 1 saturated heterocycles. The highest BCUT2D eigenvalue weighted by Gasteiger charge is 2.15. The number of benzene rings is 1. The quantitative estimate of drug-likeness (QED) is 0.839. The second-order valence-electron chi connectivity index (χ2n) is 5.48. The number of nitrogens with zero attached hydrogens (tertiary/aromatic N) is 1. The molecule has 1 unspecified atom stereocenters. The van der Waals surface area contributed by atoms with Crippen molar-refractivity contribution in [2.45, 2.75) is 45.1 Å². The van der Waals surface area contributed by atoms with Gasteiger partial charge in [-0.3, -0.25) is 4.79 Å². The Labute approximate surface area is 121 Å². The van der Waals surface area contributed by atoms with E-state index in [4.69, 9.17) is 5.73 Å². The Balaban J connectivity index is 1.95. The monoisotopic (exact) mass is 275 g/mol. The molecule has 1 atom stereocenters. The molecule has 0 saturated carbocycles. The van der Waals surface area contributed by atoms with Crippen molar-refractivity contribution in [3.63, 3.8) is 0 Å². The molecule has 0 spiro atoms. The van der Waals surface area contributed by atoms with Crippen LogP contribution in [0.3, 0.4) is 0 Å². The molecule has 1 aliphatic heterocycles. The van der Waals surface area contributed by atoms with E-state index >= 15 is 0 Å². The van der Waals surface area contributed by atoms with Crippen LogP contribution in [-0.4, -0.2) is 25.0 Å². The van der Waals surface area contributed by atoms with Crippen molar-refractivity contribution in [3.05, 3.63) is 24.3 Å². The van der Waals surface area contributed by atoms with E-state index in [-0.39, 0.29) is 5.91 Å². The van der Waals surface area contributed by atoms with Crippen LogP contribution in [0.1, 0.15) is 39.0 Å². The molecule has 0 aromatic heterocycles. The molecule has 0 bridgehead atoms. The van der Waals surface area contributed by atoms with E-state index in [1.54, 1.807) is 0 Å². The van der Waals surface area contributed by atoms with E-state index in [2.05, 4.69) is 23.2 Å². The van der Waals surface area contributed by atoms with Gasteiger partial charge in [0.1, 0.15) is 0 Å². The van der Waals surface area contributed by atoms with Gasteiger partial charge < -0.3 is 16.0 Å². The standard InChI is InChI=1S/C16H25N3O/c1-2-3-9-15(17)16(20)18-13-7-6-8-14(12-13)19-10-4-5-11-19/h6-8,12,15H,2-5,9-11,17H2,1H3,(H,18,20). The molecule has 1 aliphatic rings. The lowest BCUT2D eigenvalue weighted by Gasteiger charge is -2.19. The third-order valence-corrected chi connectivity index (χ3v) is 3.79. The van der Waals surface area contributed by atoms with Crippen molar-refractivity contribution >= 4 is 17.3 Å². The van der Waals surface area contributed by atoms with E-state index in [0.717, 1.165) is 38.0 Å². The van der Waals surface area contributed by atoms with Crippen LogP contribution in [0, 0.1) is 0 Å². The van der Waals surface area contributed by atoms with Crippen molar-refractivity contribution in [2.24, 2.45) is 5.73 Å². The smallest absolute Gasteiger partial charge is 0.241 e. The van der Waals surface area contributed by atoms with E-state index < -0.39 is 6.04 Å². The number of amides is 1. The first kappa shape index (κ1) is 14.9. The van der Waals surface area contributed by atoms with Crippen molar-refractivity contribution in [1.82, 2.24) is 0 Å². The lowest BCUT2D eigenvalue weighted by atomic mass is 10.1. The van der Waals surface area contributed by atoms with E-state index in [0.29, 0.717) is 0 Å². The molecule has 4 nitrogen and oxygen atoms in total. The number of unbranched alkanes of at least 4 members (excludes halogenated alkanes) is 1. The third-order valence-electron chi connectivity index (χ3n) is 3.79. The Morgan fingerprint density at radius 2 is 2.15 bits per heavy atom. The fraction of sp³-hybridized carbons (Fsp3) is 0.562. The second-order valence-corrected chi connectivity index (χ2v) is 5.48. The Kier molecular flexibility index (Phi) is 5.41. The molecule has 4 heteroatoms. The van der Waals surface area contributed by atoms with Gasteiger partial charge in [-0.05, 0) is 37.5 Å². The molecule has 1 aromatic carbocycles. The van der Waals surface area contributed by atoms with E-state index in [9.17, 15) is 4.79 Å². The van der Waals surface area contributed by atoms with Crippen molar-refractivity contribution < 1.29 is 4.79 Å². The molecule has 20 heavy (non-hydrogen) atoms. The van der Waals surface area contributed by atoms with Crippen LogP contribution in [0.25, 0.3) is 0 Å². The zero-order chi connectivity index (χ0) is 14.4. The Hall–Kier alpha value is -1.55. The molecule has 1 fully saturated rings. The summed E-state index contributed by atoms with van der Waals surface area (Å²) >= 11 is 0. The summed E-state index contributed by atoms with van der Waals surface area (Å²) in [6.45, 7) is 4.31. The zero-order valence-corrected chi connectivity index (χ0v) is 12.3. The van der Waals surface area contributed by atoms with Crippen LogP contribution in [0.4, 0.5) is 11.4 Å². The van der Waals surface area contributed by atoms with Gasteiger partial charge in [0, 0.05) is 24.5 Å². The molecular formula is C16H25N3O. The Morgan fingerprint density at radius 1 is 1.40 bits per heavy atom. The SMILES string of the molecule is CCCCC(N)C(=O)Nc1cccc(N2CCCC2)c1. The van der Waals surface area contributed by atoms with Crippen molar-refractivity contribution in [2.75, 3.05) is 23.3 Å². The molecule has 0 radical (unpaired) electrons. The summed E-state index contributed by atoms with van der Waals surface area (Å²) in [5, 5.41) is 2.92. The number of nitrogens with two attached hydrogens (primary N) is 1. The lowest BCUT2D eigenvalue weighted by Crippen LogP contribution is -2.35. The summed E-state index contributed by atoms with van der Waals surface area (Å²) in [5.41, 5.74) is 7.91. The number of nitrogens with one attached hydrogen (secondary N) is 1. The van der Waals surface area contributed by atoms with E-state index in [1.165, 1.54) is 18.5 Å². The van der Waals surface area contributed by atoms with Crippen molar-refractivity contribution in [1.29, 1.82) is 0 Å². The topological polar surface area (TPSA) is 58.4 Å². The van der Waals surface area contributed by atoms with Crippen molar-refractivity contribution in [3.8, 4) is 0 Å². The fourth-order valence-electron chi connectivity index (χ4n) is 2.55. The Bertz CT molecular complexity index is 441. The van der Waals surface area contributed by atoms with Gasteiger partial charge in [-0.25, -0.2) is 0 Å². The zero-order valence-electron chi connectivity index (χ0n) is 12.3. The van der Waals surface area contributed by atoms with Gasteiger partial charge in [0.15, 0.2) is 0 Å². The first-order chi connectivity index (χ1) is 9.70. The summed E-state index contributed by atoms with van der Waals surface area (Å²) in [4.78, 5) is 14.4. The van der Waals surface area contributed by atoms with Gasteiger partial charge in [0.05, 0.1) is 6.04 Å². The maximum absolute atomic E-state index is 12.0. The molecule has 3 N–H and O–H groups in total. The van der Waals surface area contributed by atoms with E-state index in [1.807, 2.05) is 18.2 Å². The molecule has 1 aromatic rings. The normalized spacial score (nSPS) is 16.2. The van der Waals surface area contributed by atoms with Crippen LogP contribution in [0.5, 0.6) is 0 Å². The number of rotatable bonds is 6. The average Bonchev–Trinajstić information content (AvgIpc) is 2.99. The van der Waals surface area contributed by atoms with Gasteiger partial charge in [0.25, 0.3) is 0 Å². The maximum atomic E-state index is 12.0. The third kappa shape index (κ3) is 3.97. The van der Waals surface area contributed by atoms with Crippen LogP contribution < -0.4 is 16.0 Å². The minimum Gasteiger partial charge on any atom is -0.371 e. The highest BCUT2D eigenvalue weighted by Crippen LogP contribution is 2.23. The first-order valence-corrected chi connectivity index (χ1v) is 7.62. The average molecular weight is 275 g/mol. The molecule has 0 aliphatic carbocycles. The summed E-state index contributed by atoms with van der Waals surface area (Å²) < 4.78 is 0. The summed E-state index contributed by atoms with van der Waals surface area (Å²) in [6, 6.07) is 7.63. The largest absolute Gasteiger partial charge is 0.371 e. The molecular weight excluding hydrogens is 250 g/mol. The number of anilines is 2. The molecule has 1 heterocycles. The van der Waals surface area contributed by atoms with Crippen LogP contribution in [-0.2, 0) is 4.79 Å². The van der Waals surface area contributed by atoms with Gasteiger partial charge >= 0.3 is 0 Å². The number of hydrogen-bond acceptors (Lipinski definition) is 3. The van der Waals surface area contributed by atoms with Gasteiger partial charge in [-0.15, -0.1) is 0 Å². The summed E-state index contributed by atoms with van der Waals surface area (Å²) in [7, 11) is 0. The maximum Gasteiger partial charge on any atom is 0.241 e. The molecule has 2 rings (SSSR count). The predicted molar refractivity (Wildman–Crippen MR) is 84.0 cm³/mol. The predicted octanol–water partition coefficient (Wildman–Crippen LogP) is 2.74. The molecule has 1 amide bonds. The molecule has 110 valence electrons. The number of carbonyl (C=O) groups excluding carboxylic acids is 1. The number of hydrogen-bond donors (Lipinski definition) is 2. The minimum atomic E-state index is -0.412. The summed E-state index contributed by atoms with van der Waals surface area (Å²) in [6.07, 6.45) is 5.29. The van der Waals surface area contributed by atoms with Gasteiger partial charge in [-0.1, -0.05) is 25.8 Å². The first-order valence-electron chi connectivity index (χ1n) is 7.62. The van der Waals surface area contributed by atoms with Crippen LogP contribution >= 0.6 is 0 Å². The minimum absolute atomic E-state index is 0.0861. The van der Waals surface area contributed by atoms with Gasteiger partial charge in [0.2, 0.25) is 5.91 Å². The number of carbonyl (C=O) groups is 1. The van der Waals surface area contributed by atoms with Crippen LogP contribution in [0.15, 0.2) is 24.3 Å². The summed E-state index contributed by atoms with van der Waals surface area (Å²) in [5.74, 6) is -0.0861. The lowest BCUT2D eigenvalue weighted by molar-refractivity contribution is -0.117. The highest BCUT2D eigenvalue weighted by atomic mass is 16.2. The fourth-order valence-corrected chi connectivity index (χ4v) is 2.55. The van der Waals surface area contributed by atoms with Crippen LogP contribution in [0.2, 0.25) is 0 Å². The van der Waals surface area contributed by atoms with Gasteiger partial charge in [-0.2, -0.15) is 0 Å². The second kappa shape index (κ2) is 7.29. The highest BCUT2D eigenvalue weighted by molar-refractivity contribution is 5.95. The Morgan fingerprint density at radius 3 is 2.85 bits per heavy atom.